The standard InChI is InChI=1S/C18H24ClNO6/c1-5-11(2)17(18(23)24-4)20-15(21)9-26-16(22)10-25-13-6-7-14(19)12(3)8-13/h6-8,11,17H,5,9-10H2,1-4H3,(H,20,21)/t11-,17-/m1/s1. The number of aryl methyl sites for hydroxylation is 1. The summed E-state index contributed by atoms with van der Waals surface area (Å²) < 4.78 is 14.8. The summed E-state index contributed by atoms with van der Waals surface area (Å²) >= 11 is 5.91. The fourth-order valence-corrected chi connectivity index (χ4v) is 2.17. The summed E-state index contributed by atoms with van der Waals surface area (Å²) in [5.74, 6) is -1.47. The van der Waals surface area contributed by atoms with Crippen molar-refractivity contribution in [3.05, 3.63) is 28.8 Å². The van der Waals surface area contributed by atoms with Crippen LogP contribution in [0.4, 0.5) is 0 Å². The Kier molecular flexibility index (Phi) is 8.92. The molecule has 0 aliphatic heterocycles. The molecule has 26 heavy (non-hydrogen) atoms. The Bertz CT molecular complexity index is 649. The number of nitrogens with one attached hydrogen (secondary N) is 1. The van der Waals surface area contributed by atoms with Gasteiger partial charge in [-0.25, -0.2) is 9.59 Å². The number of ether oxygens (including phenoxy) is 3. The van der Waals surface area contributed by atoms with Gasteiger partial charge in [-0.05, 0) is 36.6 Å². The van der Waals surface area contributed by atoms with Crippen LogP contribution in [0.25, 0.3) is 0 Å². The van der Waals surface area contributed by atoms with Crippen LogP contribution in [-0.2, 0) is 23.9 Å². The Morgan fingerprint density at radius 2 is 1.92 bits per heavy atom. The third kappa shape index (κ3) is 6.92. The van der Waals surface area contributed by atoms with E-state index in [1.807, 2.05) is 20.8 Å². The van der Waals surface area contributed by atoms with Crippen molar-refractivity contribution in [1.82, 2.24) is 5.32 Å². The van der Waals surface area contributed by atoms with E-state index in [9.17, 15) is 14.4 Å². The maximum absolute atomic E-state index is 11.9. The highest BCUT2D eigenvalue weighted by molar-refractivity contribution is 6.31. The van der Waals surface area contributed by atoms with Gasteiger partial charge < -0.3 is 19.5 Å². The number of carbonyl (C=O) groups is 3. The Hall–Kier alpha value is -2.28. The average molecular weight is 386 g/mol. The Balaban J connectivity index is 2.44. The van der Waals surface area contributed by atoms with Crippen LogP contribution in [-0.4, -0.2) is 44.2 Å². The first-order valence-corrected chi connectivity index (χ1v) is 8.58. The SMILES string of the molecule is CC[C@@H](C)[C@@H](NC(=O)COC(=O)COc1ccc(Cl)c(C)c1)C(=O)OC. The maximum atomic E-state index is 11.9. The molecule has 1 amide bonds. The quantitative estimate of drug-likeness (QED) is 0.656. The van der Waals surface area contributed by atoms with E-state index in [1.165, 1.54) is 7.11 Å². The molecule has 0 unspecified atom stereocenters. The van der Waals surface area contributed by atoms with Crippen LogP contribution < -0.4 is 10.1 Å². The van der Waals surface area contributed by atoms with Gasteiger partial charge in [-0.1, -0.05) is 31.9 Å². The number of methoxy groups -OCH3 is 1. The molecule has 0 saturated carbocycles. The van der Waals surface area contributed by atoms with E-state index >= 15 is 0 Å². The smallest absolute Gasteiger partial charge is 0.344 e. The molecule has 0 heterocycles. The number of rotatable bonds is 9. The second-order valence-corrected chi connectivity index (χ2v) is 6.22. The van der Waals surface area contributed by atoms with Gasteiger partial charge >= 0.3 is 11.9 Å². The molecule has 144 valence electrons. The highest BCUT2D eigenvalue weighted by atomic mass is 35.5. The zero-order chi connectivity index (χ0) is 19.7. The number of carbonyl (C=O) groups excluding carboxylic acids is 3. The summed E-state index contributed by atoms with van der Waals surface area (Å²) in [6.07, 6.45) is 0.675. The van der Waals surface area contributed by atoms with Crippen LogP contribution in [0, 0.1) is 12.8 Å². The Labute approximate surface area is 157 Å². The van der Waals surface area contributed by atoms with Crippen molar-refractivity contribution < 1.29 is 28.6 Å². The Morgan fingerprint density at radius 1 is 1.23 bits per heavy atom. The molecule has 0 aromatic heterocycles. The lowest BCUT2D eigenvalue weighted by Gasteiger charge is -2.21. The fourth-order valence-electron chi connectivity index (χ4n) is 2.05. The largest absolute Gasteiger partial charge is 0.482 e. The summed E-state index contributed by atoms with van der Waals surface area (Å²) in [4.78, 5) is 35.3. The van der Waals surface area contributed by atoms with E-state index in [-0.39, 0.29) is 12.5 Å². The lowest BCUT2D eigenvalue weighted by Crippen LogP contribution is -2.47. The number of hydrogen-bond donors (Lipinski definition) is 1. The third-order valence-corrected chi connectivity index (χ3v) is 4.26. The predicted molar refractivity (Wildman–Crippen MR) is 96.0 cm³/mol. The van der Waals surface area contributed by atoms with Crippen molar-refractivity contribution in [1.29, 1.82) is 0 Å². The van der Waals surface area contributed by atoms with Crippen molar-refractivity contribution in [3.8, 4) is 5.75 Å². The number of hydrogen-bond acceptors (Lipinski definition) is 6. The molecule has 0 saturated heterocycles. The first-order chi connectivity index (χ1) is 12.3. The molecule has 1 aromatic rings. The molecule has 8 heteroatoms. The van der Waals surface area contributed by atoms with Crippen LogP contribution in [0.5, 0.6) is 5.75 Å². The zero-order valence-electron chi connectivity index (χ0n) is 15.3. The summed E-state index contributed by atoms with van der Waals surface area (Å²) in [7, 11) is 1.25. The lowest BCUT2D eigenvalue weighted by atomic mass is 9.99. The van der Waals surface area contributed by atoms with E-state index in [2.05, 4.69) is 10.1 Å². The maximum Gasteiger partial charge on any atom is 0.344 e. The van der Waals surface area contributed by atoms with Crippen LogP contribution in [0.1, 0.15) is 25.8 Å². The number of amides is 1. The lowest BCUT2D eigenvalue weighted by molar-refractivity contribution is -0.152. The van der Waals surface area contributed by atoms with E-state index in [0.29, 0.717) is 17.2 Å². The monoisotopic (exact) mass is 385 g/mol. The van der Waals surface area contributed by atoms with Crippen molar-refractivity contribution in [3.63, 3.8) is 0 Å². The first-order valence-electron chi connectivity index (χ1n) is 8.20. The van der Waals surface area contributed by atoms with Gasteiger partial charge in [-0.2, -0.15) is 0 Å². The molecule has 2 atom stereocenters. The second kappa shape index (κ2) is 10.7. The second-order valence-electron chi connectivity index (χ2n) is 5.81. The Morgan fingerprint density at radius 3 is 2.50 bits per heavy atom. The molecule has 0 aliphatic rings. The minimum atomic E-state index is -0.788. The van der Waals surface area contributed by atoms with Gasteiger partial charge in [-0.3, -0.25) is 4.79 Å². The van der Waals surface area contributed by atoms with Crippen LogP contribution >= 0.6 is 11.6 Å². The molecule has 1 rings (SSSR count). The molecule has 1 aromatic carbocycles. The summed E-state index contributed by atoms with van der Waals surface area (Å²) in [5.41, 5.74) is 0.816. The van der Waals surface area contributed by atoms with Gasteiger partial charge in [0, 0.05) is 5.02 Å². The van der Waals surface area contributed by atoms with Gasteiger partial charge in [0.25, 0.3) is 5.91 Å². The van der Waals surface area contributed by atoms with Crippen LogP contribution in [0.3, 0.4) is 0 Å². The van der Waals surface area contributed by atoms with Gasteiger partial charge in [0.15, 0.2) is 13.2 Å². The van der Waals surface area contributed by atoms with E-state index in [0.717, 1.165) is 5.56 Å². The minimum Gasteiger partial charge on any atom is -0.482 e. The van der Waals surface area contributed by atoms with E-state index in [1.54, 1.807) is 18.2 Å². The van der Waals surface area contributed by atoms with Crippen molar-refractivity contribution in [2.75, 3.05) is 20.3 Å². The molecule has 0 radical (unpaired) electrons. The minimum absolute atomic E-state index is 0.112. The number of benzene rings is 1. The summed E-state index contributed by atoms with van der Waals surface area (Å²) in [5, 5.41) is 3.11. The molecular formula is C18H24ClNO6. The molecule has 0 bridgehead atoms. The van der Waals surface area contributed by atoms with E-state index < -0.39 is 30.5 Å². The van der Waals surface area contributed by atoms with Gasteiger partial charge in [0.2, 0.25) is 0 Å². The molecule has 7 nitrogen and oxygen atoms in total. The van der Waals surface area contributed by atoms with Gasteiger partial charge in [-0.15, -0.1) is 0 Å². The third-order valence-electron chi connectivity index (χ3n) is 3.83. The summed E-state index contributed by atoms with van der Waals surface area (Å²) in [6, 6.07) is 4.19. The number of esters is 2. The van der Waals surface area contributed by atoms with Crippen molar-refractivity contribution in [2.24, 2.45) is 5.92 Å². The average Bonchev–Trinajstić information content (AvgIpc) is 2.64. The van der Waals surface area contributed by atoms with Crippen LogP contribution in [0.2, 0.25) is 5.02 Å². The molecule has 0 fully saturated rings. The first kappa shape index (κ1) is 21.8. The van der Waals surface area contributed by atoms with Gasteiger partial charge in [0.05, 0.1) is 7.11 Å². The van der Waals surface area contributed by atoms with Crippen molar-refractivity contribution >= 4 is 29.4 Å². The molecule has 0 spiro atoms. The van der Waals surface area contributed by atoms with Crippen LogP contribution in [0.15, 0.2) is 18.2 Å². The molecular weight excluding hydrogens is 362 g/mol. The highest BCUT2D eigenvalue weighted by Crippen LogP contribution is 2.20. The predicted octanol–water partition coefficient (Wildman–Crippen LogP) is 2.27. The molecule has 1 N–H and O–H groups in total. The zero-order valence-corrected chi connectivity index (χ0v) is 16.1. The van der Waals surface area contributed by atoms with E-state index in [4.69, 9.17) is 21.1 Å². The summed E-state index contributed by atoms with van der Waals surface area (Å²) in [6.45, 7) is 4.66. The fraction of sp³-hybridized carbons (Fsp3) is 0.500. The topological polar surface area (TPSA) is 90.9 Å². The van der Waals surface area contributed by atoms with Crippen molar-refractivity contribution in [2.45, 2.75) is 33.2 Å². The number of halogens is 1. The molecule has 0 aliphatic carbocycles. The van der Waals surface area contributed by atoms with Gasteiger partial charge in [0.1, 0.15) is 11.8 Å². The highest BCUT2D eigenvalue weighted by Gasteiger charge is 2.26. The normalized spacial score (nSPS) is 12.7.